The van der Waals surface area contributed by atoms with Crippen molar-refractivity contribution >= 4 is 33.8 Å². The van der Waals surface area contributed by atoms with E-state index < -0.39 is 62.1 Å². The lowest BCUT2D eigenvalue weighted by molar-refractivity contribution is -0.143. The smallest absolute Gasteiger partial charge is 0.259 e. The number of carbonyl (C=O) groups excluding carboxylic acids is 3. The maximum atomic E-state index is 14.4. The maximum Gasteiger partial charge on any atom is 0.259 e. The molecule has 2 saturated carbocycles. The Balaban J connectivity index is 1.26. The molecule has 2 aliphatic carbocycles. The van der Waals surface area contributed by atoms with E-state index in [0.717, 1.165) is 41.5 Å². The number of fused-ring (bicyclic) bond motifs is 7. The van der Waals surface area contributed by atoms with E-state index in [1.807, 2.05) is 32.9 Å². The fourth-order valence-corrected chi connectivity index (χ4v) is 8.45. The molecule has 11 heteroatoms. The second-order valence-electron chi connectivity index (χ2n) is 15.3. The van der Waals surface area contributed by atoms with Crippen molar-refractivity contribution in [2.24, 2.45) is 11.3 Å². The number of carbonyl (C=O) groups is 3. The summed E-state index contributed by atoms with van der Waals surface area (Å²) in [5.41, 5.74) is 2.39. The molecule has 3 amide bonds. The molecule has 3 fully saturated rings. The van der Waals surface area contributed by atoms with Gasteiger partial charge in [-0.2, -0.15) is 0 Å². The van der Waals surface area contributed by atoms with E-state index in [1.165, 1.54) is 0 Å². The molecule has 2 aromatic carbocycles. The summed E-state index contributed by atoms with van der Waals surface area (Å²) in [6, 6.07) is 15.1. The van der Waals surface area contributed by atoms with E-state index in [9.17, 15) is 22.8 Å². The van der Waals surface area contributed by atoms with Crippen molar-refractivity contribution in [2.45, 2.75) is 101 Å². The Morgan fingerprint density at radius 2 is 1.82 bits per heavy atom. The van der Waals surface area contributed by atoms with Gasteiger partial charge in [-0.1, -0.05) is 75.4 Å². The summed E-state index contributed by atoms with van der Waals surface area (Å²) in [6.07, 6.45) is 9.67. The molecule has 0 radical (unpaired) electrons. The van der Waals surface area contributed by atoms with Crippen LogP contribution in [-0.4, -0.2) is 73.1 Å². The maximum absolute atomic E-state index is 14.4. The Morgan fingerprint density at radius 1 is 1.08 bits per heavy atom. The van der Waals surface area contributed by atoms with Crippen molar-refractivity contribution in [1.82, 2.24) is 20.3 Å². The molecule has 50 heavy (non-hydrogen) atoms. The Kier molecular flexibility index (Phi) is 10.4. The number of amides is 3. The fraction of sp³-hybridized carbons (Fsp3) is 0.513. The van der Waals surface area contributed by atoms with Crippen LogP contribution in [0.2, 0.25) is 0 Å². The van der Waals surface area contributed by atoms with Crippen molar-refractivity contribution in [3.05, 3.63) is 78.4 Å². The average Bonchev–Trinajstić information content (AvgIpc) is 4.00. The Hall–Kier alpha value is -3.80. The highest BCUT2D eigenvalue weighted by atomic mass is 32.2. The van der Waals surface area contributed by atoms with Gasteiger partial charge in [0.05, 0.1) is 24.0 Å². The molecule has 4 aliphatic rings. The van der Waals surface area contributed by atoms with Gasteiger partial charge in [0.1, 0.15) is 11.6 Å². The minimum Gasteiger partial charge on any atom is -0.372 e. The average molecular weight is 703 g/mol. The lowest BCUT2D eigenvalue weighted by Gasteiger charge is -2.36. The number of benzene rings is 2. The first-order valence-corrected chi connectivity index (χ1v) is 19.4. The van der Waals surface area contributed by atoms with Crippen molar-refractivity contribution in [2.75, 3.05) is 13.1 Å². The van der Waals surface area contributed by atoms with E-state index >= 15 is 0 Å². The van der Waals surface area contributed by atoms with Crippen LogP contribution in [0, 0.1) is 11.3 Å². The quantitative estimate of drug-likeness (QED) is 0.372. The van der Waals surface area contributed by atoms with Crippen LogP contribution in [0.4, 0.5) is 0 Å². The fourth-order valence-electron chi connectivity index (χ4n) is 7.09. The Morgan fingerprint density at radius 3 is 2.52 bits per heavy atom. The van der Waals surface area contributed by atoms with E-state index in [0.29, 0.717) is 26.0 Å². The minimum atomic E-state index is -3.82. The molecule has 0 spiro atoms. The third-order valence-electron chi connectivity index (χ3n) is 10.3. The van der Waals surface area contributed by atoms with Crippen molar-refractivity contribution < 1.29 is 27.5 Å². The molecule has 6 rings (SSSR count). The molecule has 2 aromatic rings. The number of rotatable bonds is 6. The van der Waals surface area contributed by atoms with Gasteiger partial charge in [0.15, 0.2) is 0 Å². The van der Waals surface area contributed by atoms with Gasteiger partial charge in [-0.05, 0) is 84.9 Å². The Labute approximate surface area is 296 Å². The highest BCUT2D eigenvalue weighted by Crippen LogP contribution is 2.45. The van der Waals surface area contributed by atoms with Crippen LogP contribution in [0.3, 0.4) is 0 Å². The SMILES string of the molecule is C=C[C@H]1C[C@]1(NC(=O)[C@@H]1CC2CN1C(=O)[C@H](C(C)(C)C)NCCCC/C=C\c1cccc(c1)-c1cccc(c1)CO2)C(=O)NS(=O)(=O)C1CC1. The minimum absolute atomic E-state index is 0.204. The van der Waals surface area contributed by atoms with E-state index in [4.69, 9.17) is 4.74 Å². The summed E-state index contributed by atoms with van der Waals surface area (Å²) >= 11 is 0. The standard InChI is InChI=1S/C39H50N4O6S/c1-5-30-23-39(30,37(46)42-50(47,48)32-17-18-32)41-35(44)33-22-31-24-43(33)36(45)34(38(2,3)4)40-19-9-7-6-8-12-26-13-10-15-28(20-26)29-16-11-14-27(21-29)25-49-31/h5,8,10-16,20-21,30-34,40H,1,6-7,9,17-19,22-25H2,2-4H3,(H,41,44)(H,42,46)/b12-8-/t30-,31?,33-,34+,39+/m0/s1. The van der Waals surface area contributed by atoms with Crippen molar-refractivity contribution in [3.8, 4) is 11.1 Å². The highest BCUT2D eigenvalue weighted by Gasteiger charge is 2.62. The highest BCUT2D eigenvalue weighted by molar-refractivity contribution is 7.91. The largest absolute Gasteiger partial charge is 0.372 e. The van der Waals surface area contributed by atoms with Gasteiger partial charge in [-0.15, -0.1) is 6.58 Å². The number of hydrogen-bond acceptors (Lipinski definition) is 7. The second kappa shape index (κ2) is 14.4. The summed E-state index contributed by atoms with van der Waals surface area (Å²) in [5, 5.41) is 5.79. The van der Waals surface area contributed by atoms with Gasteiger partial charge in [-0.3, -0.25) is 19.1 Å². The monoisotopic (exact) mass is 702 g/mol. The number of sulfonamides is 1. The van der Waals surface area contributed by atoms with Gasteiger partial charge in [-0.25, -0.2) is 8.42 Å². The zero-order chi connectivity index (χ0) is 35.7. The van der Waals surface area contributed by atoms with Gasteiger partial charge < -0.3 is 20.3 Å². The molecule has 0 aromatic heterocycles. The molecule has 1 unspecified atom stereocenters. The van der Waals surface area contributed by atoms with Crippen molar-refractivity contribution in [1.29, 1.82) is 0 Å². The molecule has 1 saturated heterocycles. The van der Waals surface area contributed by atoms with E-state index in [2.05, 4.69) is 70.5 Å². The predicted octanol–water partition coefficient (Wildman–Crippen LogP) is 4.71. The molecule has 10 nitrogen and oxygen atoms in total. The summed E-state index contributed by atoms with van der Waals surface area (Å²) in [4.78, 5) is 43.6. The van der Waals surface area contributed by atoms with Gasteiger partial charge in [0, 0.05) is 18.9 Å². The van der Waals surface area contributed by atoms with Crippen LogP contribution >= 0.6 is 0 Å². The van der Waals surface area contributed by atoms with E-state index in [1.54, 1.807) is 11.0 Å². The molecule has 2 heterocycles. The van der Waals surface area contributed by atoms with Crippen LogP contribution < -0.4 is 15.4 Å². The Bertz CT molecular complexity index is 1760. The van der Waals surface area contributed by atoms with E-state index in [-0.39, 0.29) is 25.3 Å². The molecular weight excluding hydrogens is 653 g/mol. The summed E-state index contributed by atoms with van der Waals surface area (Å²) in [5.74, 6) is -1.90. The normalized spacial score (nSPS) is 28.3. The molecular formula is C39H50N4O6S. The summed E-state index contributed by atoms with van der Waals surface area (Å²) in [7, 11) is -3.82. The lowest BCUT2D eigenvalue weighted by Crippen LogP contribution is -2.59. The van der Waals surface area contributed by atoms with Crippen molar-refractivity contribution in [3.63, 3.8) is 0 Å². The zero-order valence-electron chi connectivity index (χ0n) is 29.3. The van der Waals surface area contributed by atoms with Crippen LogP contribution in [0.1, 0.15) is 76.8 Å². The zero-order valence-corrected chi connectivity index (χ0v) is 30.1. The molecule has 3 N–H and O–H groups in total. The molecule has 2 aliphatic heterocycles. The second-order valence-corrected chi connectivity index (χ2v) is 17.3. The number of hydrogen-bond donors (Lipinski definition) is 3. The number of allylic oxidation sites excluding steroid dienone is 1. The first kappa shape index (κ1) is 36.0. The number of nitrogens with zero attached hydrogens (tertiary/aromatic N) is 1. The third-order valence-corrected chi connectivity index (χ3v) is 12.1. The first-order chi connectivity index (χ1) is 23.8. The van der Waals surface area contributed by atoms with Gasteiger partial charge in [0.25, 0.3) is 5.91 Å². The third kappa shape index (κ3) is 8.05. The van der Waals surface area contributed by atoms with Crippen LogP contribution in [0.15, 0.2) is 67.3 Å². The van der Waals surface area contributed by atoms with Crippen LogP contribution in [0.5, 0.6) is 0 Å². The topological polar surface area (TPSA) is 134 Å². The molecule has 5 atom stereocenters. The summed E-state index contributed by atoms with van der Waals surface area (Å²) < 4.78 is 33.9. The van der Waals surface area contributed by atoms with Crippen LogP contribution in [0.25, 0.3) is 17.2 Å². The number of nitrogens with one attached hydrogen (secondary N) is 3. The lowest BCUT2D eigenvalue weighted by atomic mass is 9.85. The number of ether oxygens (including phenoxy) is 1. The first-order valence-electron chi connectivity index (χ1n) is 17.8. The summed E-state index contributed by atoms with van der Waals surface area (Å²) in [6.45, 7) is 10.9. The van der Waals surface area contributed by atoms with Gasteiger partial charge >= 0.3 is 0 Å². The molecule has 6 bridgehead atoms. The molecule has 268 valence electrons. The predicted molar refractivity (Wildman–Crippen MR) is 194 cm³/mol. The van der Waals surface area contributed by atoms with Gasteiger partial charge in [0.2, 0.25) is 21.8 Å². The van der Waals surface area contributed by atoms with Crippen LogP contribution in [-0.2, 0) is 35.8 Å².